The molecule has 2 N–H and O–H groups in total. The summed E-state index contributed by atoms with van der Waals surface area (Å²) in [6, 6.07) is 1.27. The van der Waals surface area contributed by atoms with Gasteiger partial charge >= 0.3 is 0 Å². The summed E-state index contributed by atoms with van der Waals surface area (Å²) in [7, 11) is -4.09. The van der Waals surface area contributed by atoms with Gasteiger partial charge in [0.25, 0.3) is 0 Å². The van der Waals surface area contributed by atoms with Crippen molar-refractivity contribution in [3.8, 4) is 0 Å². The lowest BCUT2D eigenvalue weighted by Gasteiger charge is -2.18. The van der Waals surface area contributed by atoms with E-state index in [4.69, 9.17) is 5.11 Å². The van der Waals surface area contributed by atoms with Crippen LogP contribution in [0.25, 0.3) is 0 Å². The van der Waals surface area contributed by atoms with Gasteiger partial charge in [-0.2, -0.15) is 0 Å². The zero-order valence-corrected chi connectivity index (χ0v) is 11.8. The average molecular weight is 293 g/mol. The molecule has 0 aliphatic heterocycles. The number of benzene rings is 1. The number of aliphatic hydroxyl groups excluding tert-OH is 1. The van der Waals surface area contributed by atoms with E-state index in [0.717, 1.165) is 12.1 Å². The molecule has 0 heterocycles. The number of rotatable bonds is 5. The highest BCUT2D eigenvalue weighted by atomic mass is 32.2. The largest absolute Gasteiger partial charge is 0.391 e. The summed E-state index contributed by atoms with van der Waals surface area (Å²) >= 11 is 0. The first-order valence-electron chi connectivity index (χ1n) is 5.80. The molecule has 108 valence electrons. The van der Waals surface area contributed by atoms with Crippen LogP contribution in [-0.4, -0.2) is 19.6 Å². The van der Waals surface area contributed by atoms with Crippen LogP contribution in [0.15, 0.2) is 17.0 Å². The highest BCUT2D eigenvalue weighted by molar-refractivity contribution is 7.89. The molecule has 0 bridgehead atoms. The van der Waals surface area contributed by atoms with E-state index in [1.165, 1.54) is 0 Å². The van der Waals surface area contributed by atoms with Crippen LogP contribution in [0.2, 0.25) is 0 Å². The summed E-state index contributed by atoms with van der Waals surface area (Å²) in [4.78, 5) is -0.662. The van der Waals surface area contributed by atoms with E-state index in [1.807, 2.05) is 13.8 Å². The molecule has 0 saturated carbocycles. The monoisotopic (exact) mass is 293 g/mol. The first-order chi connectivity index (χ1) is 8.70. The van der Waals surface area contributed by atoms with Gasteiger partial charge < -0.3 is 5.11 Å². The van der Waals surface area contributed by atoms with Gasteiger partial charge in [-0.25, -0.2) is 21.9 Å². The molecule has 1 atom stereocenters. The van der Waals surface area contributed by atoms with Crippen LogP contribution in [0, 0.1) is 17.6 Å². The van der Waals surface area contributed by atoms with Crippen LogP contribution in [0.5, 0.6) is 0 Å². The second kappa shape index (κ2) is 5.94. The first-order valence-corrected chi connectivity index (χ1v) is 7.29. The van der Waals surface area contributed by atoms with Crippen molar-refractivity contribution in [1.82, 2.24) is 4.72 Å². The minimum Gasteiger partial charge on any atom is -0.391 e. The lowest BCUT2D eigenvalue weighted by atomic mass is 10.1. The van der Waals surface area contributed by atoms with E-state index < -0.39 is 44.8 Å². The Labute approximate surface area is 111 Å². The molecule has 1 aromatic rings. The molecule has 7 heteroatoms. The Balaban J connectivity index is 3.23. The fraction of sp³-hybridized carbons (Fsp3) is 0.500. The number of nitrogens with one attached hydrogen (secondary N) is 1. The predicted molar refractivity (Wildman–Crippen MR) is 66.9 cm³/mol. The lowest BCUT2D eigenvalue weighted by Crippen LogP contribution is -2.36. The molecule has 0 aromatic heterocycles. The van der Waals surface area contributed by atoms with Crippen LogP contribution >= 0.6 is 0 Å². The van der Waals surface area contributed by atoms with Crippen molar-refractivity contribution in [3.63, 3.8) is 0 Å². The van der Waals surface area contributed by atoms with Gasteiger partial charge in [0.05, 0.1) is 12.2 Å². The molecule has 1 rings (SSSR count). The van der Waals surface area contributed by atoms with Crippen molar-refractivity contribution in [2.45, 2.75) is 38.3 Å². The third-order valence-corrected chi connectivity index (χ3v) is 4.52. The predicted octanol–water partition coefficient (Wildman–Crippen LogP) is 1.78. The second-order valence-corrected chi connectivity index (χ2v) is 6.33. The molecule has 1 aromatic carbocycles. The summed E-state index contributed by atoms with van der Waals surface area (Å²) < 4.78 is 53.4. The molecule has 0 saturated heterocycles. The van der Waals surface area contributed by atoms with Crippen LogP contribution < -0.4 is 4.72 Å². The van der Waals surface area contributed by atoms with Gasteiger partial charge in [-0.05, 0) is 25.0 Å². The Hall–Kier alpha value is -1.05. The van der Waals surface area contributed by atoms with Gasteiger partial charge in [0, 0.05) is 6.04 Å². The zero-order valence-electron chi connectivity index (χ0n) is 10.9. The SMILES string of the molecule is CC(C)C(C)NS(=O)(=O)c1ccc(F)c(CO)c1F. The lowest BCUT2D eigenvalue weighted by molar-refractivity contribution is 0.267. The number of sulfonamides is 1. The number of hydrogen-bond acceptors (Lipinski definition) is 3. The first kappa shape index (κ1) is 16.0. The minimum absolute atomic E-state index is 0.0237. The standard InChI is InChI=1S/C12H17F2NO3S/c1-7(2)8(3)15-19(17,18)11-5-4-10(13)9(6-16)12(11)14/h4-5,7-8,15-16H,6H2,1-3H3. The van der Waals surface area contributed by atoms with Crippen molar-refractivity contribution >= 4 is 10.0 Å². The van der Waals surface area contributed by atoms with Gasteiger partial charge in [-0.15, -0.1) is 0 Å². The molecule has 19 heavy (non-hydrogen) atoms. The van der Waals surface area contributed by atoms with E-state index in [-0.39, 0.29) is 5.92 Å². The van der Waals surface area contributed by atoms with E-state index in [2.05, 4.69) is 4.72 Å². The highest BCUT2D eigenvalue weighted by Gasteiger charge is 2.25. The van der Waals surface area contributed by atoms with Crippen molar-refractivity contribution in [3.05, 3.63) is 29.3 Å². The normalized spacial score (nSPS) is 13.8. The molecular weight excluding hydrogens is 276 g/mol. The summed E-state index contributed by atoms with van der Waals surface area (Å²) in [5.74, 6) is -2.21. The van der Waals surface area contributed by atoms with E-state index in [1.54, 1.807) is 6.92 Å². The van der Waals surface area contributed by atoms with Crippen LogP contribution in [0.4, 0.5) is 8.78 Å². The Morgan fingerprint density at radius 3 is 2.32 bits per heavy atom. The van der Waals surface area contributed by atoms with Crippen LogP contribution in [-0.2, 0) is 16.6 Å². The molecule has 0 spiro atoms. The maximum absolute atomic E-state index is 13.9. The van der Waals surface area contributed by atoms with Crippen molar-refractivity contribution < 1.29 is 22.3 Å². The van der Waals surface area contributed by atoms with E-state index in [9.17, 15) is 17.2 Å². The number of aliphatic hydroxyl groups is 1. The maximum atomic E-state index is 13.9. The fourth-order valence-corrected chi connectivity index (χ4v) is 2.87. The molecule has 0 fully saturated rings. The molecular formula is C12H17F2NO3S. The molecule has 0 radical (unpaired) electrons. The topological polar surface area (TPSA) is 66.4 Å². The van der Waals surface area contributed by atoms with Crippen LogP contribution in [0.3, 0.4) is 0 Å². The summed E-state index contributed by atoms with van der Waals surface area (Å²) in [6.45, 7) is 4.37. The van der Waals surface area contributed by atoms with Crippen molar-refractivity contribution in [1.29, 1.82) is 0 Å². The zero-order chi connectivity index (χ0) is 14.8. The molecule has 0 amide bonds. The van der Waals surface area contributed by atoms with Gasteiger partial charge in [0.1, 0.15) is 10.7 Å². The smallest absolute Gasteiger partial charge is 0.243 e. The van der Waals surface area contributed by atoms with Gasteiger partial charge in [-0.1, -0.05) is 13.8 Å². The van der Waals surface area contributed by atoms with Crippen molar-refractivity contribution in [2.75, 3.05) is 0 Å². The molecule has 0 aliphatic carbocycles. The molecule has 1 unspecified atom stereocenters. The highest BCUT2D eigenvalue weighted by Crippen LogP contribution is 2.21. The van der Waals surface area contributed by atoms with E-state index in [0.29, 0.717) is 0 Å². The second-order valence-electron chi connectivity index (χ2n) is 4.65. The van der Waals surface area contributed by atoms with Crippen LogP contribution in [0.1, 0.15) is 26.3 Å². The molecule has 0 aliphatic rings. The minimum atomic E-state index is -4.09. The third kappa shape index (κ3) is 3.49. The van der Waals surface area contributed by atoms with Gasteiger partial charge in [0.2, 0.25) is 10.0 Å². The number of hydrogen-bond donors (Lipinski definition) is 2. The van der Waals surface area contributed by atoms with Gasteiger partial charge in [-0.3, -0.25) is 0 Å². The third-order valence-electron chi connectivity index (χ3n) is 2.94. The molecule has 4 nitrogen and oxygen atoms in total. The Morgan fingerprint density at radius 1 is 1.26 bits per heavy atom. The Kier molecular flexibility index (Phi) is 5.00. The fourth-order valence-electron chi connectivity index (χ4n) is 1.37. The Morgan fingerprint density at radius 2 is 1.84 bits per heavy atom. The Bertz CT molecular complexity index is 558. The summed E-state index contributed by atoms with van der Waals surface area (Å²) in [5.41, 5.74) is -0.653. The number of halogens is 2. The summed E-state index contributed by atoms with van der Waals surface area (Å²) in [6.07, 6.45) is 0. The van der Waals surface area contributed by atoms with Gasteiger partial charge in [0.15, 0.2) is 5.82 Å². The average Bonchev–Trinajstić information content (AvgIpc) is 2.28. The maximum Gasteiger partial charge on any atom is 0.243 e. The van der Waals surface area contributed by atoms with Crippen molar-refractivity contribution in [2.24, 2.45) is 5.92 Å². The van der Waals surface area contributed by atoms with E-state index >= 15 is 0 Å². The quantitative estimate of drug-likeness (QED) is 0.869. The summed E-state index contributed by atoms with van der Waals surface area (Å²) in [5, 5.41) is 8.86.